The highest BCUT2D eigenvalue weighted by Gasteiger charge is 2.17. The molecule has 0 aromatic carbocycles. The minimum absolute atomic E-state index is 0.348. The van der Waals surface area contributed by atoms with Crippen molar-refractivity contribution in [3.63, 3.8) is 0 Å². The lowest BCUT2D eigenvalue weighted by Gasteiger charge is -2.10. The van der Waals surface area contributed by atoms with Gasteiger partial charge in [0.2, 0.25) is 5.13 Å². The van der Waals surface area contributed by atoms with Crippen LogP contribution in [0.15, 0.2) is 0 Å². The van der Waals surface area contributed by atoms with Crippen molar-refractivity contribution in [2.45, 2.75) is 32.1 Å². The number of ether oxygens (including phenoxy) is 1. The zero-order valence-electron chi connectivity index (χ0n) is 11.0. The molecule has 8 heteroatoms. The van der Waals surface area contributed by atoms with Crippen LogP contribution in [0.1, 0.15) is 25.3 Å². The summed E-state index contributed by atoms with van der Waals surface area (Å²) in [5, 5.41) is 18.4. The molecule has 0 fully saturated rings. The van der Waals surface area contributed by atoms with E-state index in [1.165, 1.54) is 11.3 Å². The zero-order valence-corrected chi connectivity index (χ0v) is 12.7. The van der Waals surface area contributed by atoms with E-state index in [0.717, 1.165) is 23.2 Å². The summed E-state index contributed by atoms with van der Waals surface area (Å²) in [6, 6.07) is 0. The van der Waals surface area contributed by atoms with Gasteiger partial charge in [-0.3, -0.25) is 0 Å². The maximum atomic E-state index is 11.4. The molecule has 1 aromatic rings. The van der Waals surface area contributed by atoms with E-state index >= 15 is 0 Å². The first-order valence-corrected chi connectivity index (χ1v) is 7.89. The first-order valence-electron chi connectivity index (χ1n) is 6.03. The lowest BCUT2D eigenvalue weighted by atomic mass is 10.1. The molecule has 1 heterocycles. The molecule has 1 unspecified atom stereocenters. The van der Waals surface area contributed by atoms with Gasteiger partial charge in [0.05, 0.1) is 6.61 Å². The van der Waals surface area contributed by atoms with Crippen molar-refractivity contribution < 1.29 is 14.6 Å². The minimum Gasteiger partial charge on any atom is -0.463 e. The van der Waals surface area contributed by atoms with Crippen LogP contribution in [0.4, 0.5) is 5.13 Å². The number of anilines is 1. The van der Waals surface area contributed by atoms with Crippen molar-refractivity contribution in [3.05, 3.63) is 5.01 Å². The van der Waals surface area contributed by atoms with Crippen molar-refractivity contribution >= 4 is 34.2 Å². The van der Waals surface area contributed by atoms with Gasteiger partial charge in [0, 0.05) is 12.2 Å². The lowest BCUT2D eigenvalue weighted by Crippen LogP contribution is -2.21. The van der Waals surface area contributed by atoms with Crippen LogP contribution < -0.4 is 5.73 Å². The molecule has 108 valence electrons. The average molecular weight is 305 g/mol. The third-order valence-electron chi connectivity index (χ3n) is 2.22. The highest BCUT2D eigenvalue weighted by atomic mass is 32.2. The Kier molecular flexibility index (Phi) is 7.11. The normalized spacial score (nSPS) is 12.6. The summed E-state index contributed by atoms with van der Waals surface area (Å²) in [6.07, 6.45) is 1.42. The molecule has 0 saturated heterocycles. The van der Waals surface area contributed by atoms with Crippen LogP contribution in [0.2, 0.25) is 0 Å². The summed E-state index contributed by atoms with van der Waals surface area (Å²) in [5.41, 5.74) is 4.31. The zero-order chi connectivity index (χ0) is 14.3. The quantitative estimate of drug-likeness (QED) is 0.552. The van der Waals surface area contributed by atoms with Gasteiger partial charge >= 0.3 is 5.97 Å². The number of aliphatic hydroxyl groups excluding tert-OH is 1. The summed E-state index contributed by atoms with van der Waals surface area (Å²) in [6.45, 7) is 4.45. The van der Waals surface area contributed by atoms with Crippen molar-refractivity contribution in [2.75, 3.05) is 18.1 Å². The number of rotatable bonds is 8. The van der Waals surface area contributed by atoms with Gasteiger partial charge in [-0.25, -0.2) is 4.79 Å². The van der Waals surface area contributed by atoms with E-state index in [0.29, 0.717) is 29.8 Å². The number of nitrogens with zero attached hydrogens (tertiary/aromatic N) is 2. The fourth-order valence-electron chi connectivity index (χ4n) is 1.16. The first kappa shape index (κ1) is 16.2. The number of aryl methyl sites for hydroxylation is 1. The molecule has 0 aliphatic rings. The summed E-state index contributed by atoms with van der Waals surface area (Å²) >= 11 is 2.44. The Morgan fingerprint density at radius 3 is 2.84 bits per heavy atom. The number of thioether (sulfide) groups is 1. The van der Waals surface area contributed by atoms with E-state index in [4.69, 9.17) is 10.5 Å². The van der Waals surface area contributed by atoms with E-state index in [1.807, 2.05) is 13.8 Å². The average Bonchev–Trinajstić information content (AvgIpc) is 2.74. The van der Waals surface area contributed by atoms with Gasteiger partial charge < -0.3 is 15.6 Å². The monoisotopic (exact) mass is 305 g/mol. The molecule has 1 aromatic heterocycles. The van der Waals surface area contributed by atoms with Crippen molar-refractivity contribution in [1.29, 1.82) is 0 Å². The second-order valence-electron chi connectivity index (χ2n) is 4.36. The third-order valence-corrected chi connectivity index (χ3v) is 3.98. The number of nitrogen functional groups attached to an aromatic ring is 1. The van der Waals surface area contributed by atoms with Gasteiger partial charge in [-0.2, -0.15) is 0 Å². The van der Waals surface area contributed by atoms with E-state index in [9.17, 15) is 9.90 Å². The van der Waals surface area contributed by atoms with E-state index in [1.54, 1.807) is 0 Å². The van der Waals surface area contributed by atoms with Crippen LogP contribution in [0.25, 0.3) is 0 Å². The summed E-state index contributed by atoms with van der Waals surface area (Å²) in [4.78, 5) is 11.4. The topological polar surface area (TPSA) is 98.3 Å². The van der Waals surface area contributed by atoms with Gasteiger partial charge in [0.25, 0.3) is 0 Å². The number of aliphatic hydroxyl groups is 1. The van der Waals surface area contributed by atoms with Crippen molar-refractivity contribution in [3.8, 4) is 0 Å². The number of hydrogen-bond donors (Lipinski definition) is 2. The van der Waals surface area contributed by atoms with E-state index < -0.39 is 11.4 Å². The third kappa shape index (κ3) is 6.74. The number of hydrogen-bond acceptors (Lipinski definition) is 8. The van der Waals surface area contributed by atoms with Crippen molar-refractivity contribution in [1.82, 2.24) is 10.2 Å². The Bertz CT molecular complexity index is 398. The Labute approximate surface area is 120 Å². The molecule has 0 bridgehead atoms. The number of carbonyl (C=O) groups is 1. The molecule has 0 aliphatic heterocycles. The fourth-order valence-corrected chi connectivity index (χ4v) is 2.64. The Morgan fingerprint density at radius 2 is 2.26 bits per heavy atom. The van der Waals surface area contributed by atoms with Crippen LogP contribution >= 0.6 is 23.1 Å². The summed E-state index contributed by atoms with van der Waals surface area (Å²) in [7, 11) is 0. The molecule has 6 nitrogen and oxygen atoms in total. The van der Waals surface area contributed by atoms with E-state index in [-0.39, 0.29) is 0 Å². The predicted molar refractivity (Wildman–Crippen MR) is 76.9 cm³/mol. The predicted octanol–water partition coefficient (Wildman–Crippen LogP) is 1.30. The van der Waals surface area contributed by atoms with Crippen LogP contribution in [0, 0.1) is 5.92 Å². The summed E-state index contributed by atoms with van der Waals surface area (Å²) in [5.74, 6) is 0.456. The largest absolute Gasteiger partial charge is 0.463 e. The second-order valence-corrected chi connectivity index (χ2v) is 6.64. The van der Waals surface area contributed by atoms with E-state index in [2.05, 4.69) is 10.2 Å². The Balaban J connectivity index is 2.16. The molecule has 0 radical (unpaired) electrons. The van der Waals surface area contributed by atoms with Crippen LogP contribution in [-0.4, -0.2) is 39.1 Å². The number of esters is 1. The maximum Gasteiger partial charge on any atom is 0.345 e. The number of carbonyl (C=O) groups excluding carboxylic acids is 1. The Morgan fingerprint density at radius 1 is 1.53 bits per heavy atom. The van der Waals surface area contributed by atoms with Gasteiger partial charge in [-0.15, -0.1) is 22.0 Å². The molecule has 3 N–H and O–H groups in total. The second kappa shape index (κ2) is 8.34. The summed E-state index contributed by atoms with van der Waals surface area (Å²) < 4.78 is 4.97. The molecule has 1 rings (SSSR count). The smallest absolute Gasteiger partial charge is 0.345 e. The molecule has 0 aliphatic carbocycles. The number of aromatic nitrogens is 2. The van der Waals surface area contributed by atoms with Gasteiger partial charge in [0.15, 0.2) is 5.44 Å². The van der Waals surface area contributed by atoms with Gasteiger partial charge in [0.1, 0.15) is 5.01 Å². The molecule has 0 spiro atoms. The van der Waals surface area contributed by atoms with Crippen molar-refractivity contribution in [2.24, 2.45) is 5.92 Å². The molecule has 19 heavy (non-hydrogen) atoms. The molecular weight excluding hydrogens is 286 g/mol. The molecule has 0 saturated carbocycles. The fraction of sp³-hybridized carbons (Fsp3) is 0.727. The first-order chi connectivity index (χ1) is 8.99. The SMILES string of the molecule is CC(C)CCOC(=O)C(O)SCCc1nnc(N)s1. The molecular formula is C11H19N3O3S2. The number of nitrogens with two attached hydrogens (primary N) is 1. The molecule has 1 atom stereocenters. The minimum atomic E-state index is -1.14. The van der Waals surface area contributed by atoms with Gasteiger partial charge in [-0.05, 0) is 12.3 Å². The highest BCUT2D eigenvalue weighted by Crippen LogP contribution is 2.16. The Hall–Kier alpha value is -0.860. The molecule has 0 amide bonds. The standard InChI is InChI=1S/C11H19N3O3S2/c1-7(2)3-5-17-9(15)10(16)18-6-4-8-13-14-11(12)19-8/h7,10,16H,3-6H2,1-2H3,(H2,12,14). The maximum absolute atomic E-state index is 11.4. The van der Waals surface area contributed by atoms with Gasteiger partial charge in [-0.1, -0.05) is 25.2 Å². The van der Waals surface area contributed by atoms with Crippen LogP contribution in [0.5, 0.6) is 0 Å². The highest BCUT2D eigenvalue weighted by molar-refractivity contribution is 8.00. The lowest BCUT2D eigenvalue weighted by molar-refractivity contribution is -0.149. The van der Waals surface area contributed by atoms with Crippen LogP contribution in [-0.2, 0) is 16.0 Å². The van der Waals surface area contributed by atoms with Crippen LogP contribution in [0.3, 0.4) is 0 Å².